The standard InChI is InChI=1S/C24H18ClN3O2/c1-16-26-22(17-6-3-2-4-7-17)15-23(27-16)28-20-10-12-21(13-11-20)30-24(29)18-8-5-9-19(25)14-18/h2-15H,1H3,(H,26,27,28). The second kappa shape index (κ2) is 8.76. The Morgan fingerprint density at radius 2 is 1.67 bits per heavy atom. The summed E-state index contributed by atoms with van der Waals surface area (Å²) in [5.41, 5.74) is 3.08. The third kappa shape index (κ3) is 4.82. The first kappa shape index (κ1) is 19.6. The molecule has 30 heavy (non-hydrogen) atoms. The van der Waals surface area contributed by atoms with Crippen LogP contribution >= 0.6 is 11.6 Å². The second-order valence-corrected chi connectivity index (χ2v) is 7.04. The van der Waals surface area contributed by atoms with E-state index in [0.717, 1.165) is 16.9 Å². The Hall–Kier alpha value is -3.70. The molecule has 0 unspecified atom stereocenters. The highest BCUT2D eigenvalue weighted by Gasteiger charge is 2.09. The van der Waals surface area contributed by atoms with Gasteiger partial charge in [-0.3, -0.25) is 0 Å². The van der Waals surface area contributed by atoms with Gasteiger partial charge in [-0.2, -0.15) is 0 Å². The largest absolute Gasteiger partial charge is 0.423 e. The molecule has 3 aromatic carbocycles. The van der Waals surface area contributed by atoms with Crippen LogP contribution in [0.15, 0.2) is 84.9 Å². The van der Waals surface area contributed by atoms with E-state index in [2.05, 4.69) is 15.3 Å². The number of benzene rings is 3. The van der Waals surface area contributed by atoms with Crippen molar-refractivity contribution in [3.8, 4) is 17.0 Å². The molecule has 0 radical (unpaired) electrons. The maximum atomic E-state index is 12.2. The predicted molar refractivity (Wildman–Crippen MR) is 118 cm³/mol. The smallest absolute Gasteiger partial charge is 0.343 e. The van der Waals surface area contributed by atoms with Crippen molar-refractivity contribution >= 4 is 29.1 Å². The highest BCUT2D eigenvalue weighted by molar-refractivity contribution is 6.30. The summed E-state index contributed by atoms with van der Waals surface area (Å²) in [6, 6.07) is 25.6. The van der Waals surface area contributed by atoms with Gasteiger partial charge in [0, 0.05) is 22.3 Å². The average Bonchev–Trinajstić information content (AvgIpc) is 2.75. The number of anilines is 2. The van der Waals surface area contributed by atoms with E-state index in [1.54, 1.807) is 36.4 Å². The van der Waals surface area contributed by atoms with Crippen LogP contribution in [-0.4, -0.2) is 15.9 Å². The number of carbonyl (C=O) groups excluding carboxylic acids is 1. The second-order valence-electron chi connectivity index (χ2n) is 6.60. The Labute approximate surface area is 179 Å². The van der Waals surface area contributed by atoms with E-state index in [4.69, 9.17) is 16.3 Å². The Kier molecular flexibility index (Phi) is 5.72. The maximum absolute atomic E-state index is 12.2. The molecular formula is C24H18ClN3O2. The summed E-state index contributed by atoms with van der Waals surface area (Å²) in [6.07, 6.45) is 0. The molecule has 0 saturated carbocycles. The summed E-state index contributed by atoms with van der Waals surface area (Å²) < 4.78 is 5.41. The number of rotatable bonds is 5. The molecule has 0 bridgehead atoms. The molecule has 0 aliphatic heterocycles. The van der Waals surface area contributed by atoms with Crippen LogP contribution in [0.5, 0.6) is 5.75 Å². The van der Waals surface area contributed by atoms with Crippen LogP contribution in [-0.2, 0) is 0 Å². The summed E-state index contributed by atoms with van der Waals surface area (Å²) in [5.74, 6) is 1.34. The Morgan fingerprint density at radius 3 is 2.40 bits per heavy atom. The zero-order chi connectivity index (χ0) is 20.9. The topological polar surface area (TPSA) is 64.1 Å². The van der Waals surface area contributed by atoms with Crippen LogP contribution in [0.25, 0.3) is 11.3 Å². The minimum atomic E-state index is -0.461. The zero-order valence-corrected chi connectivity index (χ0v) is 16.9. The van der Waals surface area contributed by atoms with Crippen LogP contribution < -0.4 is 10.1 Å². The number of aryl methyl sites for hydroxylation is 1. The van der Waals surface area contributed by atoms with Crippen LogP contribution in [0.1, 0.15) is 16.2 Å². The van der Waals surface area contributed by atoms with Gasteiger partial charge in [0.05, 0.1) is 11.3 Å². The molecule has 1 aromatic heterocycles. The Balaban J connectivity index is 1.47. The van der Waals surface area contributed by atoms with Gasteiger partial charge in [0.2, 0.25) is 0 Å². The number of esters is 1. The fourth-order valence-electron chi connectivity index (χ4n) is 2.92. The number of carbonyl (C=O) groups is 1. The molecule has 1 heterocycles. The summed E-state index contributed by atoms with van der Waals surface area (Å²) in [7, 11) is 0. The quantitative estimate of drug-likeness (QED) is 0.316. The SMILES string of the molecule is Cc1nc(Nc2ccc(OC(=O)c3cccc(Cl)c3)cc2)cc(-c2ccccc2)n1. The van der Waals surface area contributed by atoms with E-state index in [1.165, 1.54) is 0 Å². The molecule has 1 N–H and O–H groups in total. The van der Waals surface area contributed by atoms with Crippen molar-refractivity contribution in [2.24, 2.45) is 0 Å². The van der Waals surface area contributed by atoms with Crippen LogP contribution in [0.4, 0.5) is 11.5 Å². The third-order valence-electron chi connectivity index (χ3n) is 4.31. The monoisotopic (exact) mass is 415 g/mol. The lowest BCUT2D eigenvalue weighted by molar-refractivity contribution is 0.0735. The first-order valence-electron chi connectivity index (χ1n) is 9.33. The highest BCUT2D eigenvalue weighted by atomic mass is 35.5. The van der Waals surface area contributed by atoms with E-state index in [-0.39, 0.29) is 0 Å². The van der Waals surface area contributed by atoms with Crippen molar-refractivity contribution in [3.05, 3.63) is 101 Å². The zero-order valence-electron chi connectivity index (χ0n) is 16.2. The Bertz CT molecular complexity index is 1180. The fourth-order valence-corrected chi connectivity index (χ4v) is 3.11. The molecule has 0 aliphatic carbocycles. The first-order chi connectivity index (χ1) is 14.6. The summed E-state index contributed by atoms with van der Waals surface area (Å²) in [4.78, 5) is 21.2. The van der Waals surface area contributed by atoms with Gasteiger partial charge >= 0.3 is 5.97 Å². The fraction of sp³-hybridized carbons (Fsp3) is 0.0417. The van der Waals surface area contributed by atoms with E-state index in [9.17, 15) is 4.79 Å². The molecule has 0 aliphatic rings. The minimum Gasteiger partial charge on any atom is -0.423 e. The normalized spacial score (nSPS) is 10.5. The lowest BCUT2D eigenvalue weighted by Crippen LogP contribution is -2.08. The van der Waals surface area contributed by atoms with Crippen molar-refractivity contribution in [3.63, 3.8) is 0 Å². The minimum absolute atomic E-state index is 0.398. The number of aromatic nitrogens is 2. The van der Waals surface area contributed by atoms with Gasteiger partial charge in [-0.15, -0.1) is 0 Å². The molecule has 4 rings (SSSR count). The van der Waals surface area contributed by atoms with Gasteiger partial charge in [0.25, 0.3) is 0 Å². The molecule has 0 saturated heterocycles. The molecule has 0 atom stereocenters. The van der Waals surface area contributed by atoms with Crippen molar-refractivity contribution in [1.82, 2.24) is 9.97 Å². The molecular weight excluding hydrogens is 398 g/mol. The van der Waals surface area contributed by atoms with Crippen molar-refractivity contribution < 1.29 is 9.53 Å². The molecule has 6 heteroatoms. The highest BCUT2D eigenvalue weighted by Crippen LogP contribution is 2.24. The van der Waals surface area contributed by atoms with Gasteiger partial charge < -0.3 is 10.1 Å². The van der Waals surface area contributed by atoms with Crippen LogP contribution in [0, 0.1) is 6.92 Å². The molecule has 148 valence electrons. The summed E-state index contributed by atoms with van der Waals surface area (Å²) >= 11 is 5.92. The van der Waals surface area contributed by atoms with E-state index < -0.39 is 5.97 Å². The van der Waals surface area contributed by atoms with Gasteiger partial charge in [0.15, 0.2) is 0 Å². The van der Waals surface area contributed by atoms with Gasteiger partial charge in [0.1, 0.15) is 17.4 Å². The maximum Gasteiger partial charge on any atom is 0.343 e. The summed E-state index contributed by atoms with van der Waals surface area (Å²) in [5, 5.41) is 3.75. The van der Waals surface area contributed by atoms with E-state index >= 15 is 0 Å². The van der Waals surface area contributed by atoms with Gasteiger partial charge in [-0.05, 0) is 49.4 Å². The number of nitrogens with one attached hydrogen (secondary N) is 1. The number of hydrogen-bond donors (Lipinski definition) is 1. The van der Waals surface area contributed by atoms with Crippen LogP contribution in [0.3, 0.4) is 0 Å². The van der Waals surface area contributed by atoms with Gasteiger partial charge in [-0.1, -0.05) is 48.0 Å². The molecule has 5 nitrogen and oxygen atoms in total. The molecule has 0 fully saturated rings. The first-order valence-corrected chi connectivity index (χ1v) is 9.70. The molecule has 0 spiro atoms. The van der Waals surface area contributed by atoms with Crippen molar-refractivity contribution in [1.29, 1.82) is 0 Å². The van der Waals surface area contributed by atoms with E-state index in [1.807, 2.05) is 55.5 Å². The molecule has 4 aromatic rings. The lowest BCUT2D eigenvalue weighted by atomic mass is 10.1. The molecule has 0 amide bonds. The number of halogens is 1. The van der Waals surface area contributed by atoms with Crippen molar-refractivity contribution in [2.45, 2.75) is 6.92 Å². The number of nitrogens with zero attached hydrogens (tertiary/aromatic N) is 2. The number of hydrogen-bond acceptors (Lipinski definition) is 5. The third-order valence-corrected chi connectivity index (χ3v) is 4.54. The average molecular weight is 416 g/mol. The van der Waals surface area contributed by atoms with Crippen LogP contribution in [0.2, 0.25) is 5.02 Å². The summed E-state index contributed by atoms with van der Waals surface area (Å²) in [6.45, 7) is 1.86. The lowest BCUT2D eigenvalue weighted by Gasteiger charge is -2.10. The van der Waals surface area contributed by atoms with Crippen molar-refractivity contribution in [2.75, 3.05) is 5.32 Å². The number of ether oxygens (including phenoxy) is 1. The van der Waals surface area contributed by atoms with Gasteiger partial charge in [-0.25, -0.2) is 14.8 Å². The Morgan fingerprint density at radius 1 is 0.900 bits per heavy atom. The predicted octanol–water partition coefficient (Wildman–Crippen LogP) is 6.07. The van der Waals surface area contributed by atoms with E-state index in [0.29, 0.717) is 28.0 Å².